The Hall–Kier alpha value is -1.13. The lowest BCUT2D eigenvalue weighted by atomic mass is 9.86. The Morgan fingerprint density at radius 1 is 1.47 bits per heavy atom. The zero-order valence-electron chi connectivity index (χ0n) is 10.2. The largest absolute Gasteiger partial charge is 0.487 e. The summed E-state index contributed by atoms with van der Waals surface area (Å²) in [7, 11) is 0. The van der Waals surface area contributed by atoms with Crippen molar-refractivity contribution in [3.63, 3.8) is 0 Å². The van der Waals surface area contributed by atoms with Crippen LogP contribution in [-0.2, 0) is 4.74 Å². The summed E-state index contributed by atoms with van der Waals surface area (Å²) >= 11 is 0. The summed E-state index contributed by atoms with van der Waals surface area (Å²) in [5.41, 5.74) is 6.44. The molecule has 94 valence electrons. The maximum absolute atomic E-state index is 13.3. The van der Waals surface area contributed by atoms with E-state index in [2.05, 4.69) is 0 Å². The predicted molar refractivity (Wildman–Crippen MR) is 63.6 cm³/mol. The minimum Gasteiger partial charge on any atom is -0.487 e. The number of hydrogen-bond acceptors (Lipinski definition) is 3. The second-order valence-electron chi connectivity index (χ2n) is 4.39. The third kappa shape index (κ3) is 2.58. The fourth-order valence-corrected chi connectivity index (χ4v) is 1.98. The van der Waals surface area contributed by atoms with Crippen LogP contribution in [0.4, 0.5) is 4.39 Å². The van der Waals surface area contributed by atoms with Gasteiger partial charge in [0.25, 0.3) is 0 Å². The first-order valence-electron chi connectivity index (χ1n) is 5.91. The van der Waals surface area contributed by atoms with E-state index in [1.54, 1.807) is 19.1 Å². The van der Waals surface area contributed by atoms with Crippen molar-refractivity contribution in [1.82, 2.24) is 0 Å². The first-order valence-corrected chi connectivity index (χ1v) is 5.91. The lowest BCUT2D eigenvalue weighted by molar-refractivity contribution is -0.0946. The monoisotopic (exact) mass is 239 g/mol. The van der Waals surface area contributed by atoms with Gasteiger partial charge >= 0.3 is 0 Å². The molecule has 3 nitrogen and oxygen atoms in total. The highest BCUT2D eigenvalue weighted by Crippen LogP contribution is 2.28. The Morgan fingerprint density at radius 2 is 2.24 bits per heavy atom. The second-order valence-corrected chi connectivity index (χ2v) is 4.39. The van der Waals surface area contributed by atoms with Crippen LogP contribution in [0.5, 0.6) is 5.75 Å². The molecule has 3 unspecified atom stereocenters. The molecule has 1 aliphatic carbocycles. The molecule has 0 bridgehead atoms. The Morgan fingerprint density at radius 3 is 2.82 bits per heavy atom. The molecular weight excluding hydrogens is 221 g/mol. The standard InChI is InChI=1S/C13H18FNO2/c1-3-16-13-11(15)7-12(13)17-9-5-4-8(2)10(14)6-9/h4-6,11-13H,3,7,15H2,1-2H3. The topological polar surface area (TPSA) is 44.5 Å². The second kappa shape index (κ2) is 5.02. The van der Waals surface area contributed by atoms with Crippen molar-refractivity contribution in [1.29, 1.82) is 0 Å². The molecule has 1 aliphatic rings. The minimum absolute atomic E-state index is 0.0234. The molecule has 2 rings (SSSR count). The maximum Gasteiger partial charge on any atom is 0.129 e. The maximum atomic E-state index is 13.3. The van der Waals surface area contributed by atoms with Crippen molar-refractivity contribution in [2.45, 2.75) is 38.5 Å². The quantitative estimate of drug-likeness (QED) is 0.874. The van der Waals surface area contributed by atoms with E-state index in [4.69, 9.17) is 15.2 Å². The number of benzene rings is 1. The van der Waals surface area contributed by atoms with Crippen LogP contribution >= 0.6 is 0 Å². The summed E-state index contributed by atoms with van der Waals surface area (Å²) in [5.74, 6) is 0.286. The van der Waals surface area contributed by atoms with Gasteiger partial charge in [0.15, 0.2) is 0 Å². The highest BCUT2D eigenvalue weighted by atomic mass is 19.1. The van der Waals surface area contributed by atoms with E-state index in [-0.39, 0.29) is 24.1 Å². The molecule has 2 N–H and O–H groups in total. The first kappa shape index (κ1) is 12.3. The predicted octanol–water partition coefficient (Wildman–Crippen LogP) is 2.02. The third-order valence-electron chi connectivity index (χ3n) is 3.08. The van der Waals surface area contributed by atoms with Gasteiger partial charge in [-0.25, -0.2) is 4.39 Å². The van der Waals surface area contributed by atoms with Gasteiger partial charge in [0.2, 0.25) is 0 Å². The lowest BCUT2D eigenvalue weighted by Crippen LogP contribution is -2.59. The van der Waals surface area contributed by atoms with E-state index in [9.17, 15) is 4.39 Å². The molecule has 0 aliphatic heterocycles. The molecule has 1 aromatic rings. The molecule has 0 heterocycles. The molecule has 1 aromatic carbocycles. The number of rotatable bonds is 4. The third-order valence-corrected chi connectivity index (χ3v) is 3.08. The van der Waals surface area contributed by atoms with Crippen molar-refractivity contribution >= 4 is 0 Å². The molecule has 17 heavy (non-hydrogen) atoms. The summed E-state index contributed by atoms with van der Waals surface area (Å²) in [5, 5.41) is 0. The summed E-state index contributed by atoms with van der Waals surface area (Å²) in [6.07, 6.45) is 0.608. The first-order chi connectivity index (χ1) is 8.11. The van der Waals surface area contributed by atoms with Crippen LogP contribution in [0.15, 0.2) is 18.2 Å². The number of hydrogen-bond donors (Lipinski definition) is 1. The van der Waals surface area contributed by atoms with Crippen LogP contribution in [0, 0.1) is 12.7 Å². The Kier molecular flexibility index (Phi) is 3.64. The zero-order valence-corrected chi connectivity index (χ0v) is 10.2. The lowest BCUT2D eigenvalue weighted by Gasteiger charge is -2.41. The van der Waals surface area contributed by atoms with Crippen molar-refractivity contribution < 1.29 is 13.9 Å². The zero-order chi connectivity index (χ0) is 12.4. The number of halogens is 1. The van der Waals surface area contributed by atoms with E-state index in [0.717, 1.165) is 6.42 Å². The SMILES string of the molecule is CCOC1C(N)CC1Oc1ccc(C)c(F)c1. The number of aryl methyl sites for hydroxylation is 1. The van der Waals surface area contributed by atoms with Gasteiger partial charge in [0.05, 0.1) is 0 Å². The molecule has 1 saturated carbocycles. The van der Waals surface area contributed by atoms with Crippen molar-refractivity contribution in [3.8, 4) is 5.75 Å². The van der Waals surface area contributed by atoms with Gasteiger partial charge in [-0.2, -0.15) is 0 Å². The van der Waals surface area contributed by atoms with Crippen LogP contribution in [0.1, 0.15) is 18.9 Å². The van der Waals surface area contributed by atoms with Gasteiger partial charge in [-0.15, -0.1) is 0 Å². The molecular formula is C13H18FNO2. The molecule has 1 fully saturated rings. The molecule has 0 radical (unpaired) electrons. The number of ether oxygens (including phenoxy) is 2. The van der Waals surface area contributed by atoms with Gasteiger partial charge in [-0.1, -0.05) is 6.07 Å². The Labute approximate surface area is 101 Å². The van der Waals surface area contributed by atoms with Crippen molar-refractivity contribution in [3.05, 3.63) is 29.6 Å². The van der Waals surface area contributed by atoms with Crippen LogP contribution in [-0.4, -0.2) is 24.9 Å². The Bertz CT molecular complexity index is 397. The fourth-order valence-electron chi connectivity index (χ4n) is 1.98. The smallest absolute Gasteiger partial charge is 0.129 e. The minimum atomic E-state index is -0.251. The van der Waals surface area contributed by atoms with E-state index in [0.29, 0.717) is 17.9 Å². The molecule has 0 spiro atoms. The van der Waals surface area contributed by atoms with Crippen LogP contribution < -0.4 is 10.5 Å². The average molecular weight is 239 g/mol. The van der Waals surface area contributed by atoms with E-state index < -0.39 is 0 Å². The summed E-state index contributed by atoms with van der Waals surface area (Å²) in [6, 6.07) is 4.90. The Balaban J connectivity index is 1.99. The van der Waals surface area contributed by atoms with Gasteiger partial charge in [0.1, 0.15) is 23.8 Å². The van der Waals surface area contributed by atoms with Gasteiger partial charge < -0.3 is 15.2 Å². The van der Waals surface area contributed by atoms with E-state index >= 15 is 0 Å². The van der Waals surface area contributed by atoms with Crippen LogP contribution in [0.25, 0.3) is 0 Å². The molecule has 0 saturated heterocycles. The highest BCUT2D eigenvalue weighted by molar-refractivity contribution is 5.28. The van der Waals surface area contributed by atoms with Crippen molar-refractivity contribution in [2.24, 2.45) is 5.73 Å². The fraction of sp³-hybridized carbons (Fsp3) is 0.538. The van der Waals surface area contributed by atoms with Gasteiger partial charge in [0, 0.05) is 25.1 Å². The highest BCUT2D eigenvalue weighted by Gasteiger charge is 2.41. The van der Waals surface area contributed by atoms with Crippen molar-refractivity contribution in [2.75, 3.05) is 6.61 Å². The van der Waals surface area contributed by atoms with Crippen LogP contribution in [0.3, 0.4) is 0 Å². The molecule has 0 amide bonds. The van der Waals surface area contributed by atoms with E-state index in [1.807, 2.05) is 6.92 Å². The summed E-state index contributed by atoms with van der Waals surface area (Å²) in [6.45, 7) is 4.26. The summed E-state index contributed by atoms with van der Waals surface area (Å²) < 4.78 is 24.5. The molecule has 0 aromatic heterocycles. The van der Waals surface area contributed by atoms with Gasteiger partial charge in [-0.05, 0) is 25.5 Å². The number of nitrogens with two attached hydrogens (primary N) is 1. The van der Waals surface area contributed by atoms with Crippen LogP contribution in [0.2, 0.25) is 0 Å². The van der Waals surface area contributed by atoms with E-state index in [1.165, 1.54) is 6.07 Å². The average Bonchev–Trinajstić information content (AvgIpc) is 2.30. The van der Waals surface area contributed by atoms with Gasteiger partial charge in [-0.3, -0.25) is 0 Å². The summed E-state index contributed by atoms with van der Waals surface area (Å²) in [4.78, 5) is 0. The normalized spacial score (nSPS) is 27.6. The molecule has 3 atom stereocenters. The molecule has 4 heteroatoms.